The van der Waals surface area contributed by atoms with Gasteiger partial charge in [-0.1, -0.05) is 35.1 Å². The molecule has 0 atom stereocenters. The van der Waals surface area contributed by atoms with Crippen molar-refractivity contribution in [3.63, 3.8) is 0 Å². The molecule has 0 spiro atoms. The summed E-state index contributed by atoms with van der Waals surface area (Å²) in [4.78, 5) is 0. The average molecular weight is 160 g/mol. The van der Waals surface area contributed by atoms with Crippen LogP contribution in [-0.2, 0) is 0 Å². The standard InChI is InChI=1S/C8H20N2.CH4/c1-7(2)9-5-6-10-8(3)4;/h7-10H,5-6H2,1-4H3;1H4. The summed E-state index contributed by atoms with van der Waals surface area (Å²) in [6.45, 7) is 10.8. The molecule has 0 heterocycles. The minimum atomic E-state index is 0. The highest BCUT2D eigenvalue weighted by Crippen LogP contribution is 1.76. The molecule has 0 unspecified atom stereocenters. The van der Waals surface area contributed by atoms with Crippen LogP contribution in [0.2, 0.25) is 0 Å². The van der Waals surface area contributed by atoms with Crippen LogP contribution in [0.3, 0.4) is 0 Å². The van der Waals surface area contributed by atoms with Gasteiger partial charge in [-0.3, -0.25) is 0 Å². The van der Waals surface area contributed by atoms with E-state index in [0.717, 1.165) is 13.1 Å². The molecule has 0 aromatic carbocycles. The number of rotatable bonds is 5. The van der Waals surface area contributed by atoms with Crippen molar-refractivity contribution in [1.82, 2.24) is 10.6 Å². The SMILES string of the molecule is C.CC(C)NCCNC(C)C. The van der Waals surface area contributed by atoms with E-state index in [1.807, 2.05) is 0 Å². The Kier molecular flexibility index (Phi) is 9.85. The van der Waals surface area contributed by atoms with Gasteiger partial charge in [-0.05, 0) is 0 Å². The van der Waals surface area contributed by atoms with Crippen LogP contribution in [0.4, 0.5) is 0 Å². The third-order valence-electron chi connectivity index (χ3n) is 1.23. The van der Waals surface area contributed by atoms with Crippen LogP contribution in [0.1, 0.15) is 35.1 Å². The summed E-state index contributed by atoms with van der Waals surface area (Å²) in [5.41, 5.74) is 0. The normalized spacial score (nSPS) is 10.4. The maximum atomic E-state index is 3.34. The highest BCUT2D eigenvalue weighted by molar-refractivity contribution is 4.57. The van der Waals surface area contributed by atoms with E-state index in [9.17, 15) is 0 Å². The van der Waals surface area contributed by atoms with E-state index in [-0.39, 0.29) is 7.43 Å². The lowest BCUT2D eigenvalue weighted by Crippen LogP contribution is -2.34. The zero-order chi connectivity index (χ0) is 7.98. The number of hydrogen-bond acceptors (Lipinski definition) is 2. The zero-order valence-corrected chi connectivity index (χ0v) is 7.57. The van der Waals surface area contributed by atoms with Crippen LogP contribution >= 0.6 is 0 Å². The third kappa shape index (κ3) is 13.0. The largest absolute Gasteiger partial charge is 0.313 e. The van der Waals surface area contributed by atoms with Crippen molar-refractivity contribution >= 4 is 0 Å². The van der Waals surface area contributed by atoms with Crippen LogP contribution in [0, 0.1) is 0 Å². The van der Waals surface area contributed by atoms with E-state index in [4.69, 9.17) is 0 Å². The first-order valence-corrected chi connectivity index (χ1v) is 4.09. The Morgan fingerprint density at radius 1 is 0.818 bits per heavy atom. The van der Waals surface area contributed by atoms with Crippen LogP contribution in [0.5, 0.6) is 0 Å². The Morgan fingerprint density at radius 2 is 1.09 bits per heavy atom. The van der Waals surface area contributed by atoms with Gasteiger partial charge in [0.25, 0.3) is 0 Å². The van der Waals surface area contributed by atoms with Gasteiger partial charge in [-0.25, -0.2) is 0 Å². The molecule has 0 saturated carbocycles. The second-order valence-electron chi connectivity index (χ2n) is 3.22. The first-order valence-electron chi connectivity index (χ1n) is 4.09. The summed E-state index contributed by atoms with van der Waals surface area (Å²) in [5.74, 6) is 0. The first kappa shape index (κ1) is 13.5. The number of hydrogen-bond donors (Lipinski definition) is 2. The molecular formula is C9H24N2. The second-order valence-corrected chi connectivity index (χ2v) is 3.22. The van der Waals surface area contributed by atoms with Gasteiger partial charge in [0.15, 0.2) is 0 Å². The van der Waals surface area contributed by atoms with Crippen molar-refractivity contribution in [3.05, 3.63) is 0 Å². The fourth-order valence-corrected chi connectivity index (χ4v) is 0.722. The van der Waals surface area contributed by atoms with E-state index in [2.05, 4.69) is 38.3 Å². The molecular weight excluding hydrogens is 136 g/mol. The molecule has 0 saturated heterocycles. The van der Waals surface area contributed by atoms with Crippen molar-refractivity contribution in [2.75, 3.05) is 13.1 Å². The molecule has 0 aliphatic carbocycles. The van der Waals surface area contributed by atoms with E-state index >= 15 is 0 Å². The summed E-state index contributed by atoms with van der Waals surface area (Å²) in [7, 11) is 0. The molecule has 0 aliphatic rings. The lowest BCUT2D eigenvalue weighted by atomic mass is 10.3. The first-order chi connectivity index (χ1) is 4.63. The molecule has 0 aromatic heterocycles. The Bertz CT molecular complexity index is 60.0. The third-order valence-corrected chi connectivity index (χ3v) is 1.23. The molecule has 0 aliphatic heterocycles. The van der Waals surface area contributed by atoms with Crippen LogP contribution < -0.4 is 10.6 Å². The Labute approximate surface area is 71.8 Å². The van der Waals surface area contributed by atoms with Gasteiger partial charge >= 0.3 is 0 Å². The quantitative estimate of drug-likeness (QED) is 0.597. The van der Waals surface area contributed by atoms with E-state index in [1.54, 1.807) is 0 Å². The number of nitrogens with one attached hydrogen (secondary N) is 2. The minimum Gasteiger partial charge on any atom is -0.313 e. The summed E-state index contributed by atoms with van der Waals surface area (Å²) in [6.07, 6.45) is 0. The molecule has 0 aromatic rings. The lowest BCUT2D eigenvalue weighted by molar-refractivity contribution is 0.525. The van der Waals surface area contributed by atoms with Gasteiger partial charge < -0.3 is 10.6 Å². The maximum absolute atomic E-state index is 3.34. The molecule has 2 N–H and O–H groups in total. The summed E-state index contributed by atoms with van der Waals surface area (Å²) in [5, 5.41) is 6.68. The van der Waals surface area contributed by atoms with Gasteiger partial charge in [-0.2, -0.15) is 0 Å². The van der Waals surface area contributed by atoms with Crippen molar-refractivity contribution in [1.29, 1.82) is 0 Å². The minimum absolute atomic E-state index is 0. The summed E-state index contributed by atoms with van der Waals surface area (Å²) < 4.78 is 0. The second kappa shape index (κ2) is 8.02. The van der Waals surface area contributed by atoms with E-state index in [0.29, 0.717) is 12.1 Å². The molecule has 0 rings (SSSR count). The highest BCUT2D eigenvalue weighted by Gasteiger charge is 1.92. The summed E-state index contributed by atoms with van der Waals surface area (Å²) in [6, 6.07) is 1.21. The van der Waals surface area contributed by atoms with Crippen LogP contribution in [0.25, 0.3) is 0 Å². The fraction of sp³-hybridized carbons (Fsp3) is 1.00. The Hall–Kier alpha value is -0.0800. The van der Waals surface area contributed by atoms with Gasteiger partial charge in [0, 0.05) is 25.2 Å². The maximum Gasteiger partial charge on any atom is 0.00791 e. The fourth-order valence-electron chi connectivity index (χ4n) is 0.722. The van der Waals surface area contributed by atoms with Gasteiger partial charge in [0.05, 0.1) is 0 Å². The predicted molar refractivity (Wildman–Crippen MR) is 53.0 cm³/mol. The van der Waals surface area contributed by atoms with Gasteiger partial charge in [0.1, 0.15) is 0 Å². The smallest absolute Gasteiger partial charge is 0.00791 e. The van der Waals surface area contributed by atoms with Crippen molar-refractivity contribution in [2.45, 2.75) is 47.2 Å². The lowest BCUT2D eigenvalue weighted by Gasteiger charge is -2.10. The predicted octanol–water partition coefficient (Wildman–Crippen LogP) is 1.62. The molecule has 2 heteroatoms. The van der Waals surface area contributed by atoms with E-state index < -0.39 is 0 Å². The highest BCUT2D eigenvalue weighted by atomic mass is 15.0. The van der Waals surface area contributed by atoms with Crippen molar-refractivity contribution < 1.29 is 0 Å². The molecule has 2 nitrogen and oxygen atoms in total. The molecule has 0 bridgehead atoms. The van der Waals surface area contributed by atoms with Gasteiger partial charge in [-0.15, -0.1) is 0 Å². The molecule has 70 valence electrons. The van der Waals surface area contributed by atoms with Crippen LogP contribution in [-0.4, -0.2) is 25.2 Å². The average Bonchev–Trinajstić information content (AvgIpc) is 1.79. The Morgan fingerprint density at radius 3 is 1.27 bits per heavy atom. The topological polar surface area (TPSA) is 24.1 Å². The molecule has 11 heavy (non-hydrogen) atoms. The van der Waals surface area contributed by atoms with Gasteiger partial charge in [0.2, 0.25) is 0 Å². The van der Waals surface area contributed by atoms with Crippen molar-refractivity contribution in [2.24, 2.45) is 0 Å². The summed E-state index contributed by atoms with van der Waals surface area (Å²) >= 11 is 0. The molecule has 0 amide bonds. The van der Waals surface area contributed by atoms with E-state index in [1.165, 1.54) is 0 Å². The van der Waals surface area contributed by atoms with Crippen LogP contribution in [0.15, 0.2) is 0 Å². The molecule has 0 radical (unpaired) electrons. The zero-order valence-electron chi connectivity index (χ0n) is 7.57. The Balaban J connectivity index is 0. The van der Waals surface area contributed by atoms with Crippen molar-refractivity contribution in [3.8, 4) is 0 Å². The molecule has 0 fully saturated rings. The monoisotopic (exact) mass is 160 g/mol.